The van der Waals surface area contributed by atoms with Gasteiger partial charge >= 0.3 is 0 Å². The van der Waals surface area contributed by atoms with Gasteiger partial charge in [-0.2, -0.15) is 5.26 Å². The molecule has 1 fully saturated rings. The molecule has 3 rings (SSSR count). The van der Waals surface area contributed by atoms with Gasteiger partial charge in [-0.3, -0.25) is 4.79 Å². The minimum atomic E-state index is -0.0830. The number of nitriles is 1. The van der Waals surface area contributed by atoms with Crippen LogP contribution in [0.1, 0.15) is 11.3 Å². The number of aromatic nitrogens is 2. The van der Waals surface area contributed by atoms with Crippen molar-refractivity contribution in [1.29, 1.82) is 5.26 Å². The van der Waals surface area contributed by atoms with Gasteiger partial charge < -0.3 is 14.9 Å². The van der Waals surface area contributed by atoms with E-state index in [2.05, 4.69) is 14.9 Å². The fourth-order valence-electron chi connectivity index (χ4n) is 2.50. The van der Waals surface area contributed by atoms with Crippen LogP contribution in [0.25, 0.3) is 10.7 Å². The smallest absolute Gasteiger partial charge is 0.228 e. The Labute approximate surface area is 143 Å². The highest BCUT2D eigenvalue weighted by molar-refractivity contribution is 7.13. The quantitative estimate of drug-likeness (QED) is 0.897. The van der Waals surface area contributed by atoms with Crippen LogP contribution in [0, 0.1) is 11.3 Å². The highest BCUT2D eigenvalue weighted by atomic mass is 32.1. The molecule has 8 heteroatoms. The third kappa shape index (κ3) is 3.53. The van der Waals surface area contributed by atoms with Crippen LogP contribution >= 0.6 is 11.3 Å². The monoisotopic (exact) mass is 343 g/mol. The Balaban J connectivity index is 1.70. The predicted octanol–water partition coefficient (Wildman–Crippen LogP) is 1.10. The van der Waals surface area contributed by atoms with Gasteiger partial charge in [-0.05, 0) is 7.05 Å². The van der Waals surface area contributed by atoms with Crippen LogP contribution < -0.4 is 0 Å². The number of hydrogen-bond acceptors (Lipinski definition) is 7. The number of carbonyl (C=O) groups excluding carboxylic acids is 1. The number of hydrogen-bond donors (Lipinski definition) is 1. The minimum absolute atomic E-state index is 0.0666. The zero-order chi connectivity index (χ0) is 17.1. The number of amides is 1. The molecule has 0 aliphatic carbocycles. The van der Waals surface area contributed by atoms with E-state index in [9.17, 15) is 9.90 Å². The van der Waals surface area contributed by atoms with Crippen molar-refractivity contribution in [3.8, 4) is 22.5 Å². The summed E-state index contributed by atoms with van der Waals surface area (Å²) in [5.41, 5.74) is 1.29. The first-order valence-electron chi connectivity index (χ1n) is 7.57. The zero-order valence-electron chi connectivity index (χ0n) is 13.3. The molecule has 2 aromatic rings. The average molecular weight is 343 g/mol. The molecule has 0 bridgehead atoms. The first kappa shape index (κ1) is 16.4. The molecule has 0 spiro atoms. The second kappa shape index (κ2) is 6.95. The molecule has 1 N–H and O–H groups in total. The van der Waals surface area contributed by atoms with Crippen molar-refractivity contribution in [2.45, 2.75) is 6.42 Å². The van der Waals surface area contributed by atoms with Crippen molar-refractivity contribution < 1.29 is 9.90 Å². The normalized spacial score (nSPS) is 15.2. The van der Waals surface area contributed by atoms with Crippen molar-refractivity contribution in [3.63, 3.8) is 0 Å². The number of thiazole rings is 1. The van der Waals surface area contributed by atoms with E-state index < -0.39 is 0 Å². The molecule has 0 radical (unpaired) electrons. The van der Waals surface area contributed by atoms with Crippen LogP contribution in [0.15, 0.2) is 17.6 Å². The Kier molecular flexibility index (Phi) is 4.74. The Hall–Kier alpha value is -2.50. The lowest BCUT2D eigenvalue weighted by Crippen LogP contribution is -2.47. The maximum absolute atomic E-state index is 12.3. The van der Waals surface area contributed by atoms with Crippen LogP contribution in [0.2, 0.25) is 0 Å². The Morgan fingerprint density at radius 3 is 2.83 bits per heavy atom. The number of aromatic hydroxyl groups is 1. The number of carbonyl (C=O) groups is 1. The molecule has 0 atom stereocenters. The summed E-state index contributed by atoms with van der Waals surface area (Å²) in [6, 6.07) is 3.28. The molecule has 0 aromatic carbocycles. The average Bonchev–Trinajstić information content (AvgIpc) is 3.03. The molecular weight excluding hydrogens is 326 g/mol. The second-order valence-electron chi connectivity index (χ2n) is 5.71. The highest BCUT2D eigenvalue weighted by Crippen LogP contribution is 2.30. The van der Waals surface area contributed by atoms with Crippen LogP contribution in [0.4, 0.5) is 0 Å². The molecule has 124 valence electrons. The summed E-state index contributed by atoms with van der Waals surface area (Å²) in [5, 5.41) is 21.1. The Morgan fingerprint density at radius 1 is 1.42 bits per heavy atom. The van der Waals surface area contributed by atoms with Crippen molar-refractivity contribution in [1.82, 2.24) is 19.8 Å². The summed E-state index contributed by atoms with van der Waals surface area (Å²) in [6.07, 6.45) is 1.64. The molecule has 1 saturated heterocycles. The van der Waals surface area contributed by atoms with Crippen molar-refractivity contribution in [2.75, 3.05) is 33.2 Å². The number of piperazine rings is 1. The first-order chi connectivity index (χ1) is 11.6. The van der Waals surface area contributed by atoms with Crippen molar-refractivity contribution >= 4 is 17.2 Å². The first-order valence-corrected chi connectivity index (χ1v) is 8.45. The standard InChI is InChI=1S/C16H17N5O2S/c1-20-2-4-21(5-3-20)14(23)7-12-10-24-16(19-12)15-13(22)6-11(8-17)9-18-15/h6,9-10,22H,2-5,7H2,1H3. The number of nitrogens with zero attached hydrogens (tertiary/aromatic N) is 5. The van der Waals surface area contributed by atoms with Gasteiger partial charge in [0, 0.05) is 43.8 Å². The number of pyridine rings is 1. The number of rotatable bonds is 3. The fourth-order valence-corrected chi connectivity index (χ4v) is 3.32. The van der Waals surface area contributed by atoms with Gasteiger partial charge in [0.2, 0.25) is 5.91 Å². The third-order valence-electron chi connectivity index (χ3n) is 3.94. The van der Waals surface area contributed by atoms with Crippen LogP contribution in [-0.4, -0.2) is 64.0 Å². The summed E-state index contributed by atoms with van der Waals surface area (Å²) < 4.78 is 0. The number of likely N-dealkylation sites (N-methyl/N-ethyl adjacent to an activating group) is 1. The van der Waals surface area contributed by atoms with Crippen LogP contribution in [0.5, 0.6) is 5.75 Å². The SMILES string of the molecule is CN1CCN(C(=O)Cc2csc(-c3ncc(C#N)cc3O)n2)CC1. The van der Waals surface area contributed by atoms with Gasteiger partial charge in [0.15, 0.2) is 0 Å². The molecule has 2 aromatic heterocycles. The molecule has 1 aliphatic rings. The van der Waals surface area contributed by atoms with E-state index in [0.717, 1.165) is 26.2 Å². The molecular formula is C16H17N5O2S. The molecule has 1 amide bonds. The summed E-state index contributed by atoms with van der Waals surface area (Å²) in [4.78, 5) is 24.9. The van der Waals surface area contributed by atoms with Gasteiger partial charge in [-0.25, -0.2) is 9.97 Å². The lowest BCUT2D eigenvalue weighted by atomic mass is 10.2. The van der Waals surface area contributed by atoms with Gasteiger partial charge in [-0.1, -0.05) is 0 Å². The molecule has 0 saturated carbocycles. The van der Waals surface area contributed by atoms with E-state index in [-0.39, 0.29) is 18.1 Å². The van der Waals surface area contributed by atoms with Crippen molar-refractivity contribution in [3.05, 3.63) is 28.9 Å². The van der Waals surface area contributed by atoms with Gasteiger partial charge in [0.25, 0.3) is 0 Å². The summed E-state index contributed by atoms with van der Waals surface area (Å²) in [5.74, 6) is -0.0164. The van der Waals surface area contributed by atoms with Gasteiger partial charge in [-0.15, -0.1) is 11.3 Å². The van der Waals surface area contributed by atoms with Crippen LogP contribution in [-0.2, 0) is 11.2 Å². The Morgan fingerprint density at radius 2 is 2.17 bits per heavy atom. The molecule has 1 aliphatic heterocycles. The topological polar surface area (TPSA) is 93.3 Å². The van der Waals surface area contributed by atoms with E-state index in [1.54, 1.807) is 0 Å². The van der Waals surface area contributed by atoms with E-state index in [4.69, 9.17) is 5.26 Å². The fraction of sp³-hybridized carbons (Fsp3) is 0.375. The lowest BCUT2D eigenvalue weighted by Gasteiger charge is -2.32. The van der Waals surface area contributed by atoms with Crippen LogP contribution in [0.3, 0.4) is 0 Å². The largest absolute Gasteiger partial charge is 0.506 e. The van der Waals surface area contributed by atoms with E-state index in [1.165, 1.54) is 23.6 Å². The molecule has 0 unspecified atom stereocenters. The van der Waals surface area contributed by atoms with E-state index >= 15 is 0 Å². The highest BCUT2D eigenvalue weighted by Gasteiger charge is 2.20. The molecule has 3 heterocycles. The van der Waals surface area contributed by atoms with Gasteiger partial charge in [0.1, 0.15) is 22.5 Å². The maximum Gasteiger partial charge on any atom is 0.228 e. The lowest BCUT2D eigenvalue weighted by molar-refractivity contribution is -0.132. The molecule has 7 nitrogen and oxygen atoms in total. The maximum atomic E-state index is 12.3. The Bertz CT molecular complexity index is 790. The second-order valence-corrected chi connectivity index (χ2v) is 6.57. The minimum Gasteiger partial charge on any atom is -0.506 e. The van der Waals surface area contributed by atoms with E-state index in [0.29, 0.717) is 22.0 Å². The van der Waals surface area contributed by atoms with E-state index in [1.807, 2.05) is 23.4 Å². The van der Waals surface area contributed by atoms with Gasteiger partial charge in [0.05, 0.1) is 17.7 Å². The van der Waals surface area contributed by atoms with Crippen molar-refractivity contribution in [2.24, 2.45) is 0 Å². The summed E-state index contributed by atoms with van der Waals surface area (Å²) >= 11 is 1.32. The zero-order valence-corrected chi connectivity index (χ0v) is 14.1. The third-order valence-corrected chi connectivity index (χ3v) is 4.84. The summed E-state index contributed by atoms with van der Waals surface area (Å²) in [7, 11) is 2.05. The predicted molar refractivity (Wildman–Crippen MR) is 89.5 cm³/mol. The summed E-state index contributed by atoms with van der Waals surface area (Å²) in [6.45, 7) is 3.25. The molecule has 24 heavy (non-hydrogen) atoms.